The molecule has 146 valence electrons. The van der Waals surface area contributed by atoms with E-state index in [0.29, 0.717) is 23.1 Å². The van der Waals surface area contributed by atoms with Gasteiger partial charge in [0.2, 0.25) is 5.95 Å². The Kier molecular flexibility index (Phi) is 4.87. The van der Waals surface area contributed by atoms with E-state index in [0.717, 1.165) is 60.4 Å². The molecule has 1 saturated heterocycles. The number of hydrogen-bond donors (Lipinski definition) is 2. The van der Waals surface area contributed by atoms with Gasteiger partial charge in [-0.25, -0.2) is 14.6 Å². The van der Waals surface area contributed by atoms with Gasteiger partial charge in [0.05, 0.1) is 23.4 Å². The van der Waals surface area contributed by atoms with Crippen LogP contribution >= 0.6 is 23.2 Å². The summed E-state index contributed by atoms with van der Waals surface area (Å²) in [6.07, 6.45) is 9.23. The lowest BCUT2D eigenvalue weighted by Crippen LogP contribution is -2.26. The van der Waals surface area contributed by atoms with Gasteiger partial charge in [0.15, 0.2) is 5.15 Å². The van der Waals surface area contributed by atoms with E-state index in [1.165, 1.54) is 12.0 Å². The first-order valence-electron chi connectivity index (χ1n) is 9.86. The van der Waals surface area contributed by atoms with Crippen molar-refractivity contribution in [2.24, 2.45) is 0 Å². The summed E-state index contributed by atoms with van der Waals surface area (Å²) < 4.78 is 1.89. The molecule has 1 aliphatic carbocycles. The third kappa shape index (κ3) is 3.34. The zero-order valence-corrected chi connectivity index (χ0v) is 17.0. The van der Waals surface area contributed by atoms with Gasteiger partial charge in [-0.15, -0.1) is 0 Å². The van der Waals surface area contributed by atoms with E-state index < -0.39 is 0 Å². The Morgan fingerprint density at radius 2 is 1.89 bits per heavy atom. The molecule has 0 amide bonds. The molecule has 5 rings (SSSR count). The van der Waals surface area contributed by atoms with Crippen molar-refractivity contribution in [3.63, 3.8) is 0 Å². The third-order valence-electron chi connectivity index (χ3n) is 5.88. The molecule has 2 fully saturated rings. The molecule has 28 heavy (non-hydrogen) atoms. The predicted octanol–water partition coefficient (Wildman–Crippen LogP) is 5.07. The van der Waals surface area contributed by atoms with Crippen molar-refractivity contribution in [1.29, 1.82) is 0 Å². The number of hydrogen-bond acceptors (Lipinski definition) is 5. The summed E-state index contributed by atoms with van der Waals surface area (Å²) in [4.78, 5) is 9.13. The smallest absolute Gasteiger partial charge is 0.227 e. The summed E-state index contributed by atoms with van der Waals surface area (Å²) in [5.74, 6) is 0.987. The second-order valence-electron chi connectivity index (χ2n) is 7.65. The molecule has 8 heteroatoms. The van der Waals surface area contributed by atoms with Crippen LogP contribution in [0.2, 0.25) is 10.2 Å². The molecule has 2 N–H and O–H groups in total. The van der Waals surface area contributed by atoms with E-state index in [-0.39, 0.29) is 0 Å². The minimum atomic E-state index is 0.412. The van der Waals surface area contributed by atoms with Crippen molar-refractivity contribution in [3.8, 4) is 0 Å². The van der Waals surface area contributed by atoms with E-state index in [9.17, 15) is 0 Å². The van der Waals surface area contributed by atoms with Crippen LogP contribution in [0.1, 0.15) is 49.6 Å². The number of fused-ring (bicyclic) bond motifs is 1. The van der Waals surface area contributed by atoms with Crippen LogP contribution in [-0.2, 0) is 0 Å². The van der Waals surface area contributed by atoms with Crippen LogP contribution in [0.5, 0.6) is 0 Å². The molecule has 0 unspecified atom stereocenters. The number of nitrogens with one attached hydrogen (secondary N) is 2. The standard InChI is InChI=1S/C20H22Cl2N6/c21-16-8-13-10-24-20(26-17(13)9-15(16)12-4-6-23-7-5-12)27-18-11-25-28(19(18)22)14-2-1-3-14/h8-12,14,23H,1-7H2,(H,24,26,27). The van der Waals surface area contributed by atoms with Gasteiger partial charge in [0.1, 0.15) is 0 Å². The van der Waals surface area contributed by atoms with Crippen LogP contribution in [-0.4, -0.2) is 32.8 Å². The van der Waals surface area contributed by atoms with E-state index in [2.05, 4.69) is 26.8 Å². The Balaban J connectivity index is 1.44. The fourth-order valence-corrected chi connectivity index (χ4v) is 4.61. The lowest BCUT2D eigenvalue weighted by Gasteiger charge is -2.26. The highest BCUT2D eigenvalue weighted by Crippen LogP contribution is 2.37. The van der Waals surface area contributed by atoms with Gasteiger partial charge in [0.25, 0.3) is 0 Å². The molecule has 0 radical (unpaired) electrons. The quantitative estimate of drug-likeness (QED) is 0.621. The number of aromatic nitrogens is 4. The van der Waals surface area contributed by atoms with Crippen molar-refractivity contribution in [2.75, 3.05) is 18.4 Å². The fourth-order valence-electron chi connectivity index (χ4n) is 4.01. The Morgan fingerprint density at radius 1 is 1.07 bits per heavy atom. The molecular weight excluding hydrogens is 395 g/mol. The van der Waals surface area contributed by atoms with E-state index in [1.54, 1.807) is 12.4 Å². The average molecular weight is 417 g/mol. The summed E-state index contributed by atoms with van der Waals surface area (Å²) in [5.41, 5.74) is 2.80. The van der Waals surface area contributed by atoms with Crippen molar-refractivity contribution in [2.45, 2.75) is 44.1 Å². The van der Waals surface area contributed by atoms with Gasteiger partial charge in [-0.3, -0.25) is 0 Å². The highest BCUT2D eigenvalue weighted by Gasteiger charge is 2.24. The second-order valence-corrected chi connectivity index (χ2v) is 8.42. The number of anilines is 2. The largest absolute Gasteiger partial charge is 0.320 e. The van der Waals surface area contributed by atoms with E-state index >= 15 is 0 Å². The summed E-state index contributed by atoms with van der Waals surface area (Å²) in [5, 5.41) is 13.4. The minimum Gasteiger partial charge on any atom is -0.320 e. The maximum Gasteiger partial charge on any atom is 0.227 e. The lowest BCUT2D eigenvalue weighted by molar-refractivity contribution is 0.290. The van der Waals surface area contributed by atoms with E-state index in [1.807, 2.05) is 10.7 Å². The molecule has 6 nitrogen and oxygen atoms in total. The fraction of sp³-hybridized carbons (Fsp3) is 0.450. The van der Waals surface area contributed by atoms with Crippen LogP contribution in [0.25, 0.3) is 10.9 Å². The van der Waals surface area contributed by atoms with Crippen molar-refractivity contribution >= 4 is 45.7 Å². The molecule has 1 saturated carbocycles. The van der Waals surface area contributed by atoms with Gasteiger partial charge >= 0.3 is 0 Å². The van der Waals surface area contributed by atoms with Crippen molar-refractivity contribution in [3.05, 3.63) is 40.3 Å². The number of piperidine rings is 1. The van der Waals surface area contributed by atoms with Gasteiger partial charge < -0.3 is 10.6 Å². The SMILES string of the molecule is Clc1cc2cnc(Nc3cnn(C4CCC4)c3Cl)nc2cc1C1CCNCC1. The summed E-state index contributed by atoms with van der Waals surface area (Å²) >= 11 is 13.1. The Hall–Kier alpha value is -1.89. The highest BCUT2D eigenvalue weighted by atomic mass is 35.5. The lowest BCUT2D eigenvalue weighted by atomic mass is 9.89. The molecule has 0 spiro atoms. The predicted molar refractivity (Wildman–Crippen MR) is 113 cm³/mol. The molecule has 1 aromatic carbocycles. The van der Waals surface area contributed by atoms with Gasteiger partial charge in [-0.2, -0.15) is 5.10 Å². The first-order valence-corrected chi connectivity index (χ1v) is 10.6. The normalized spacial score (nSPS) is 18.4. The number of benzene rings is 1. The van der Waals surface area contributed by atoms with Crippen LogP contribution < -0.4 is 10.6 Å². The van der Waals surface area contributed by atoms with Crippen LogP contribution in [0, 0.1) is 0 Å². The van der Waals surface area contributed by atoms with Crippen LogP contribution in [0.4, 0.5) is 11.6 Å². The third-order valence-corrected chi connectivity index (χ3v) is 6.58. The van der Waals surface area contributed by atoms with E-state index in [4.69, 9.17) is 28.2 Å². The number of nitrogens with zero attached hydrogens (tertiary/aromatic N) is 4. The molecule has 3 heterocycles. The monoisotopic (exact) mass is 416 g/mol. The zero-order valence-electron chi connectivity index (χ0n) is 15.5. The van der Waals surface area contributed by atoms with Gasteiger partial charge in [-0.05, 0) is 68.8 Å². The molecular formula is C20H22Cl2N6. The molecule has 1 aliphatic heterocycles. The topological polar surface area (TPSA) is 67.7 Å². The molecule has 0 bridgehead atoms. The molecule has 0 atom stereocenters. The highest BCUT2D eigenvalue weighted by molar-refractivity contribution is 6.32. The Morgan fingerprint density at radius 3 is 2.64 bits per heavy atom. The summed E-state index contributed by atoms with van der Waals surface area (Å²) in [6, 6.07) is 4.50. The Labute approximate surface area is 173 Å². The zero-order chi connectivity index (χ0) is 19.1. The van der Waals surface area contributed by atoms with Gasteiger partial charge in [0, 0.05) is 16.6 Å². The van der Waals surface area contributed by atoms with Crippen LogP contribution in [0.3, 0.4) is 0 Å². The first kappa shape index (κ1) is 18.2. The van der Waals surface area contributed by atoms with Gasteiger partial charge in [-0.1, -0.05) is 23.2 Å². The van der Waals surface area contributed by atoms with Crippen LogP contribution in [0.15, 0.2) is 24.5 Å². The maximum absolute atomic E-state index is 6.56. The second kappa shape index (κ2) is 7.50. The number of rotatable bonds is 4. The molecule has 3 aromatic rings. The van der Waals surface area contributed by atoms with Crippen molar-refractivity contribution < 1.29 is 0 Å². The summed E-state index contributed by atoms with van der Waals surface area (Å²) in [7, 11) is 0. The number of halogens is 2. The summed E-state index contributed by atoms with van der Waals surface area (Å²) in [6.45, 7) is 2.05. The molecule has 2 aliphatic rings. The average Bonchev–Trinajstić information content (AvgIpc) is 3.01. The Bertz CT molecular complexity index is 1010. The minimum absolute atomic E-state index is 0.412. The van der Waals surface area contributed by atoms with Crippen molar-refractivity contribution in [1.82, 2.24) is 25.1 Å². The maximum atomic E-state index is 6.56. The molecule has 2 aromatic heterocycles. The first-order chi connectivity index (χ1) is 13.7.